The van der Waals surface area contributed by atoms with Crippen LogP contribution >= 0.6 is 0 Å². The number of amides is 1. The van der Waals surface area contributed by atoms with E-state index in [-0.39, 0.29) is 17.3 Å². The summed E-state index contributed by atoms with van der Waals surface area (Å²) in [7, 11) is 4.66. The van der Waals surface area contributed by atoms with Crippen LogP contribution in [0.5, 0.6) is 11.6 Å². The van der Waals surface area contributed by atoms with Gasteiger partial charge in [-0.2, -0.15) is 5.26 Å². The Morgan fingerprint density at radius 3 is 2.63 bits per heavy atom. The van der Waals surface area contributed by atoms with Crippen LogP contribution in [0, 0.1) is 17.1 Å². The van der Waals surface area contributed by atoms with E-state index in [0.717, 1.165) is 5.56 Å². The highest BCUT2D eigenvalue weighted by Gasteiger charge is 2.24. The van der Waals surface area contributed by atoms with E-state index in [0.29, 0.717) is 55.5 Å². The Balaban J connectivity index is 1.48. The summed E-state index contributed by atoms with van der Waals surface area (Å²) in [5.41, 5.74) is 1.88. The van der Waals surface area contributed by atoms with Crippen LogP contribution in [0.1, 0.15) is 21.5 Å². The average molecular weight is 480 g/mol. The summed E-state index contributed by atoms with van der Waals surface area (Å²) in [6.07, 6.45) is 3.05. The quantitative estimate of drug-likeness (QED) is 0.551. The molecule has 182 valence electrons. The van der Waals surface area contributed by atoms with Crippen molar-refractivity contribution in [3.63, 3.8) is 0 Å². The molecular formula is C24H26FN7O3. The molecule has 0 aliphatic carbocycles. The lowest BCUT2D eigenvalue weighted by molar-refractivity contribution is 0.102. The van der Waals surface area contributed by atoms with Crippen molar-refractivity contribution >= 4 is 17.4 Å². The zero-order valence-corrected chi connectivity index (χ0v) is 19.8. The molecule has 1 saturated heterocycles. The molecule has 0 bridgehead atoms. The van der Waals surface area contributed by atoms with E-state index in [1.165, 1.54) is 37.2 Å². The third-order valence-corrected chi connectivity index (χ3v) is 5.72. The molecule has 1 amide bonds. The molecule has 0 saturated carbocycles. The Morgan fingerprint density at radius 1 is 1.17 bits per heavy atom. The fourth-order valence-corrected chi connectivity index (χ4v) is 4.03. The van der Waals surface area contributed by atoms with Crippen LogP contribution in [-0.2, 0) is 13.6 Å². The highest BCUT2D eigenvalue weighted by atomic mass is 19.1. The summed E-state index contributed by atoms with van der Waals surface area (Å²) in [6.45, 7) is 3.30. The molecule has 1 aromatic carbocycles. The van der Waals surface area contributed by atoms with Gasteiger partial charge in [-0.1, -0.05) is 0 Å². The van der Waals surface area contributed by atoms with E-state index >= 15 is 0 Å². The number of halogens is 1. The predicted octanol–water partition coefficient (Wildman–Crippen LogP) is 2.42. The maximum Gasteiger partial charge on any atom is 0.262 e. The first-order chi connectivity index (χ1) is 16.9. The lowest BCUT2D eigenvalue weighted by Crippen LogP contribution is -2.46. The first-order valence-corrected chi connectivity index (χ1v) is 11.0. The molecule has 1 aliphatic rings. The standard InChI is InChI=1S/C24H26FN7O3/c1-30-15-20(24(29-30)35-3)23(33)28-21-10-17(12-26)13-27-22(21)32-6-4-31(5-7-32)14-16-8-18(25)11-19(9-16)34-2/h8-11,13,15H,4-7,14H2,1-3H3,(H,28,33). The summed E-state index contributed by atoms with van der Waals surface area (Å²) in [5.74, 6) is 0.536. The van der Waals surface area contributed by atoms with Crippen LogP contribution in [0.2, 0.25) is 0 Å². The minimum atomic E-state index is -0.410. The zero-order valence-electron chi connectivity index (χ0n) is 19.8. The Hall–Kier alpha value is -4.17. The number of piperazine rings is 1. The van der Waals surface area contributed by atoms with Crippen LogP contribution in [-0.4, -0.2) is 66.0 Å². The summed E-state index contributed by atoms with van der Waals surface area (Å²) in [5, 5.41) is 16.3. The molecule has 3 aromatic rings. The first-order valence-electron chi connectivity index (χ1n) is 11.0. The smallest absolute Gasteiger partial charge is 0.262 e. The van der Waals surface area contributed by atoms with Gasteiger partial charge < -0.3 is 19.7 Å². The summed E-state index contributed by atoms with van der Waals surface area (Å²) < 4.78 is 25.7. The molecule has 4 rings (SSSR count). The highest BCUT2D eigenvalue weighted by molar-refractivity contribution is 6.07. The van der Waals surface area contributed by atoms with Gasteiger partial charge in [-0.3, -0.25) is 14.4 Å². The fraction of sp³-hybridized carbons (Fsp3) is 0.333. The first kappa shape index (κ1) is 24.0. The lowest BCUT2D eigenvalue weighted by atomic mass is 10.1. The minimum absolute atomic E-state index is 0.207. The number of rotatable bonds is 7. The van der Waals surface area contributed by atoms with Crippen molar-refractivity contribution in [2.45, 2.75) is 6.54 Å². The normalized spacial score (nSPS) is 13.9. The third-order valence-electron chi connectivity index (χ3n) is 5.72. The van der Waals surface area contributed by atoms with Gasteiger partial charge in [-0.15, -0.1) is 5.10 Å². The average Bonchev–Trinajstić information content (AvgIpc) is 3.25. The number of carbonyl (C=O) groups excluding carboxylic acids is 1. The third kappa shape index (κ3) is 5.50. The second kappa shape index (κ2) is 10.4. The van der Waals surface area contributed by atoms with Crippen molar-refractivity contribution in [3.05, 3.63) is 59.2 Å². The van der Waals surface area contributed by atoms with Gasteiger partial charge >= 0.3 is 0 Å². The van der Waals surface area contributed by atoms with E-state index in [4.69, 9.17) is 9.47 Å². The highest BCUT2D eigenvalue weighted by Crippen LogP contribution is 2.28. The Bertz CT molecular complexity index is 1260. The maximum absolute atomic E-state index is 13.8. The van der Waals surface area contributed by atoms with Gasteiger partial charge in [-0.05, 0) is 23.8 Å². The van der Waals surface area contributed by atoms with Crippen molar-refractivity contribution in [1.82, 2.24) is 19.7 Å². The van der Waals surface area contributed by atoms with Crippen LogP contribution in [0.3, 0.4) is 0 Å². The topological polar surface area (TPSA) is 109 Å². The molecule has 35 heavy (non-hydrogen) atoms. The van der Waals surface area contributed by atoms with Crippen molar-refractivity contribution in [3.8, 4) is 17.7 Å². The van der Waals surface area contributed by atoms with Gasteiger partial charge in [0.15, 0.2) is 5.82 Å². The van der Waals surface area contributed by atoms with Crippen LogP contribution < -0.4 is 19.7 Å². The summed E-state index contributed by atoms with van der Waals surface area (Å²) in [6, 6.07) is 8.37. The van der Waals surface area contributed by atoms with E-state index in [1.807, 2.05) is 6.07 Å². The minimum Gasteiger partial charge on any atom is -0.497 e. The van der Waals surface area contributed by atoms with Gasteiger partial charge in [0.1, 0.15) is 23.2 Å². The van der Waals surface area contributed by atoms with E-state index in [9.17, 15) is 14.4 Å². The molecule has 1 aliphatic heterocycles. The molecule has 2 aromatic heterocycles. The molecular weight excluding hydrogens is 453 g/mol. The number of hydrogen-bond donors (Lipinski definition) is 1. The number of anilines is 2. The number of methoxy groups -OCH3 is 2. The number of nitriles is 1. The molecule has 3 heterocycles. The predicted molar refractivity (Wildman–Crippen MR) is 127 cm³/mol. The van der Waals surface area contributed by atoms with Crippen LogP contribution in [0.15, 0.2) is 36.7 Å². The fourth-order valence-electron chi connectivity index (χ4n) is 4.03. The number of nitrogens with one attached hydrogen (secondary N) is 1. The number of ether oxygens (including phenoxy) is 2. The summed E-state index contributed by atoms with van der Waals surface area (Å²) in [4.78, 5) is 21.7. The molecule has 0 atom stereocenters. The number of carbonyl (C=O) groups is 1. The largest absolute Gasteiger partial charge is 0.497 e. The Labute approximate surface area is 202 Å². The number of hydrogen-bond acceptors (Lipinski definition) is 8. The Morgan fingerprint density at radius 2 is 1.94 bits per heavy atom. The van der Waals surface area contributed by atoms with Gasteiger partial charge in [0, 0.05) is 58.2 Å². The summed E-state index contributed by atoms with van der Waals surface area (Å²) >= 11 is 0. The monoisotopic (exact) mass is 479 g/mol. The van der Waals surface area contributed by atoms with E-state index < -0.39 is 5.91 Å². The van der Waals surface area contributed by atoms with Gasteiger partial charge in [0.2, 0.25) is 5.88 Å². The second-order valence-corrected chi connectivity index (χ2v) is 8.15. The molecule has 1 N–H and O–H groups in total. The molecule has 11 heteroatoms. The second-order valence-electron chi connectivity index (χ2n) is 8.15. The SMILES string of the molecule is COc1cc(F)cc(CN2CCN(c3ncc(C#N)cc3NC(=O)c3cn(C)nc3OC)CC2)c1. The number of aryl methyl sites for hydroxylation is 1. The Kier molecular flexibility index (Phi) is 7.12. The molecule has 0 spiro atoms. The van der Waals surface area contributed by atoms with Gasteiger partial charge in [0.05, 0.1) is 25.5 Å². The number of aromatic nitrogens is 3. The number of nitrogens with zero attached hydrogens (tertiary/aromatic N) is 6. The van der Waals surface area contributed by atoms with Crippen molar-refractivity contribution < 1.29 is 18.7 Å². The van der Waals surface area contributed by atoms with Crippen molar-refractivity contribution in [1.29, 1.82) is 5.26 Å². The van der Waals surface area contributed by atoms with Crippen molar-refractivity contribution in [2.24, 2.45) is 7.05 Å². The van der Waals surface area contributed by atoms with E-state index in [2.05, 4.69) is 31.3 Å². The molecule has 1 fully saturated rings. The van der Waals surface area contributed by atoms with Crippen LogP contribution in [0.25, 0.3) is 0 Å². The number of pyridine rings is 1. The molecule has 0 unspecified atom stereocenters. The van der Waals surface area contributed by atoms with E-state index in [1.54, 1.807) is 19.3 Å². The van der Waals surface area contributed by atoms with Gasteiger partial charge in [-0.25, -0.2) is 9.37 Å². The van der Waals surface area contributed by atoms with Gasteiger partial charge in [0.25, 0.3) is 5.91 Å². The zero-order chi connectivity index (χ0) is 24.9. The number of benzene rings is 1. The maximum atomic E-state index is 13.8. The lowest BCUT2D eigenvalue weighted by Gasteiger charge is -2.36. The molecule has 0 radical (unpaired) electrons. The molecule has 10 nitrogen and oxygen atoms in total. The van der Waals surface area contributed by atoms with Crippen molar-refractivity contribution in [2.75, 3.05) is 50.6 Å². The van der Waals surface area contributed by atoms with Crippen LogP contribution in [0.4, 0.5) is 15.9 Å².